The minimum absolute atomic E-state index is 0.248. The van der Waals surface area contributed by atoms with Gasteiger partial charge in [0.05, 0.1) is 0 Å². The first-order chi connectivity index (χ1) is 5.52. The van der Waals surface area contributed by atoms with E-state index in [1.807, 2.05) is 0 Å². The van der Waals surface area contributed by atoms with Crippen molar-refractivity contribution in [2.75, 3.05) is 0 Å². The first-order valence-corrected chi connectivity index (χ1v) is 3.72. The molecule has 0 saturated carbocycles. The van der Waals surface area contributed by atoms with Gasteiger partial charge in [0.25, 0.3) is 0 Å². The number of nitrogens with one attached hydrogen (secondary N) is 1. The van der Waals surface area contributed by atoms with Crippen LogP contribution in [0.2, 0.25) is 0 Å². The van der Waals surface area contributed by atoms with Gasteiger partial charge in [-0.15, -0.1) is 0 Å². The van der Waals surface area contributed by atoms with Gasteiger partial charge in [-0.3, -0.25) is 4.79 Å². The molecule has 1 aliphatic heterocycles. The van der Waals surface area contributed by atoms with Crippen LogP contribution in [0.25, 0.3) is 0 Å². The minimum Gasteiger partial charge on any atom is -0.480 e. The van der Waals surface area contributed by atoms with E-state index in [0.717, 1.165) is 5.57 Å². The van der Waals surface area contributed by atoms with Crippen molar-refractivity contribution in [1.29, 1.82) is 0 Å². The molecule has 2 N–H and O–H groups in total. The number of amides is 1. The van der Waals surface area contributed by atoms with E-state index in [4.69, 9.17) is 5.11 Å². The molecule has 12 heavy (non-hydrogen) atoms. The lowest BCUT2D eigenvalue weighted by atomic mass is 10.1. The van der Waals surface area contributed by atoms with E-state index in [2.05, 4.69) is 5.32 Å². The fourth-order valence-corrected chi connectivity index (χ4v) is 1.17. The first-order valence-electron chi connectivity index (χ1n) is 3.72. The van der Waals surface area contributed by atoms with Crippen molar-refractivity contribution in [3.8, 4) is 0 Å². The van der Waals surface area contributed by atoms with Gasteiger partial charge in [-0.05, 0) is 13.8 Å². The second kappa shape index (κ2) is 2.97. The van der Waals surface area contributed by atoms with E-state index in [-0.39, 0.29) is 5.91 Å². The van der Waals surface area contributed by atoms with Gasteiger partial charge in [-0.1, -0.05) is 5.57 Å². The molecule has 1 aliphatic rings. The molecule has 66 valence electrons. The molecule has 1 fully saturated rings. The summed E-state index contributed by atoms with van der Waals surface area (Å²) in [5.41, 5.74) is 1.48. The summed E-state index contributed by atoms with van der Waals surface area (Å²) >= 11 is 0. The Bertz CT molecular complexity index is 263. The molecule has 1 atom stereocenters. The van der Waals surface area contributed by atoms with Crippen molar-refractivity contribution >= 4 is 11.9 Å². The Morgan fingerprint density at radius 1 is 1.58 bits per heavy atom. The molecule has 1 rings (SSSR count). The fraction of sp³-hybridized carbons (Fsp3) is 0.500. The third-order valence-electron chi connectivity index (χ3n) is 1.89. The summed E-state index contributed by atoms with van der Waals surface area (Å²) in [7, 11) is 0. The topological polar surface area (TPSA) is 66.4 Å². The lowest BCUT2D eigenvalue weighted by Gasteiger charge is -1.99. The zero-order valence-corrected chi connectivity index (χ0v) is 7.05. The molecule has 0 aromatic carbocycles. The number of rotatable bonds is 1. The average molecular weight is 169 g/mol. The van der Waals surface area contributed by atoms with Crippen LogP contribution in [0.4, 0.5) is 0 Å². The molecule has 1 amide bonds. The minimum atomic E-state index is -0.973. The standard InChI is InChI=1S/C8H11NO3/c1-4(2)5-3-6(8(11)12)9-7(5)10/h6H,3H2,1-2H3,(H,9,10)(H,11,12)/t6-/m0/s1. The lowest BCUT2D eigenvalue weighted by Crippen LogP contribution is -2.32. The monoisotopic (exact) mass is 169 g/mol. The molecule has 0 aliphatic carbocycles. The Morgan fingerprint density at radius 2 is 2.17 bits per heavy atom. The Labute approximate surface area is 70.3 Å². The van der Waals surface area contributed by atoms with Crippen molar-refractivity contribution in [3.05, 3.63) is 11.1 Å². The summed E-state index contributed by atoms with van der Waals surface area (Å²) in [5.74, 6) is -1.22. The molecule has 0 aromatic heterocycles. The molecule has 0 bridgehead atoms. The molecule has 0 spiro atoms. The molecule has 1 heterocycles. The third kappa shape index (κ3) is 1.47. The highest BCUT2D eigenvalue weighted by Gasteiger charge is 2.31. The van der Waals surface area contributed by atoms with Crippen LogP contribution in [0.15, 0.2) is 11.1 Å². The quantitative estimate of drug-likeness (QED) is 0.554. The van der Waals surface area contributed by atoms with Gasteiger partial charge in [-0.25, -0.2) is 4.79 Å². The number of hydrogen-bond donors (Lipinski definition) is 2. The maximum Gasteiger partial charge on any atom is 0.326 e. The van der Waals surface area contributed by atoms with E-state index >= 15 is 0 Å². The van der Waals surface area contributed by atoms with Crippen LogP contribution < -0.4 is 5.32 Å². The number of carboxylic acid groups (broad SMARTS) is 1. The molecule has 0 unspecified atom stereocenters. The molecule has 0 radical (unpaired) electrons. The van der Waals surface area contributed by atoms with Crippen LogP contribution in [0.3, 0.4) is 0 Å². The van der Waals surface area contributed by atoms with E-state index in [1.54, 1.807) is 13.8 Å². The third-order valence-corrected chi connectivity index (χ3v) is 1.89. The largest absolute Gasteiger partial charge is 0.480 e. The van der Waals surface area contributed by atoms with Gasteiger partial charge in [-0.2, -0.15) is 0 Å². The van der Waals surface area contributed by atoms with Crippen LogP contribution in [0.5, 0.6) is 0 Å². The van der Waals surface area contributed by atoms with Gasteiger partial charge in [0, 0.05) is 12.0 Å². The van der Waals surface area contributed by atoms with Gasteiger partial charge >= 0.3 is 5.97 Å². The zero-order chi connectivity index (χ0) is 9.30. The van der Waals surface area contributed by atoms with E-state index in [0.29, 0.717) is 12.0 Å². The van der Waals surface area contributed by atoms with Gasteiger partial charge in [0.15, 0.2) is 0 Å². The highest BCUT2D eigenvalue weighted by atomic mass is 16.4. The molecule has 0 aromatic rings. The number of carbonyl (C=O) groups excluding carboxylic acids is 1. The van der Waals surface area contributed by atoms with Crippen LogP contribution >= 0.6 is 0 Å². The Hall–Kier alpha value is -1.32. The van der Waals surface area contributed by atoms with E-state index in [9.17, 15) is 9.59 Å². The molecule has 4 heteroatoms. The Kier molecular flexibility index (Phi) is 2.17. The van der Waals surface area contributed by atoms with Crippen molar-refractivity contribution < 1.29 is 14.7 Å². The number of carboxylic acids is 1. The number of hydrogen-bond acceptors (Lipinski definition) is 2. The molecular weight excluding hydrogens is 158 g/mol. The highest BCUT2D eigenvalue weighted by molar-refractivity contribution is 6.00. The fourth-order valence-electron chi connectivity index (χ4n) is 1.17. The van der Waals surface area contributed by atoms with Crippen LogP contribution in [0, 0.1) is 0 Å². The van der Waals surface area contributed by atoms with Crippen LogP contribution in [-0.2, 0) is 9.59 Å². The Morgan fingerprint density at radius 3 is 2.42 bits per heavy atom. The second-order valence-corrected chi connectivity index (χ2v) is 3.05. The molecule has 4 nitrogen and oxygen atoms in total. The first kappa shape index (κ1) is 8.77. The van der Waals surface area contributed by atoms with Crippen molar-refractivity contribution in [2.24, 2.45) is 0 Å². The van der Waals surface area contributed by atoms with Crippen molar-refractivity contribution in [1.82, 2.24) is 5.32 Å². The van der Waals surface area contributed by atoms with Crippen molar-refractivity contribution in [3.63, 3.8) is 0 Å². The molecule has 1 saturated heterocycles. The number of allylic oxidation sites excluding steroid dienone is 1. The zero-order valence-electron chi connectivity index (χ0n) is 7.05. The number of carbonyl (C=O) groups is 2. The number of aliphatic carboxylic acids is 1. The summed E-state index contributed by atoms with van der Waals surface area (Å²) in [6, 6.07) is -0.734. The second-order valence-electron chi connectivity index (χ2n) is 3.05. The highest BCUT2D eigenvalue weighted by Crippen LogP contribution is 2.17. The maximum absolute atomic E-state index is 11.1. The summed E-state index contributed by atoms with van der Waals surface area (Å²) in [5, 5.41) is 11.0. The van der Waals surface area contributed by atoms with E-state index < -0.39 is 12.0 Å². The maximum atomic E-state index is 11.1. The molecular formula is C8H11NO3. The average Bonchev–Trinajstić information content (AvgIpc) is 2.30. The summed E-state index contributed by atoms with van der Waals surface area (Å²) in [6.45, 7) is 3.61. The van der Waals surface area contributed by atoms with Gasteiger partial charge < -0.3 is 10.4 Å². The lowest BCUT2D eigenvalue weighted by molar-refractivity contribution is -0.140. The van der Waals surface area contributed by atoms with Gasteiger partial charge in [0.2, 0.25) is 5.91 Å². The summed E-state index contributed by atoms with van der Waals surface area (Å²) in [6.07, 6.45) is 0.302. The van der Waals surface area contributed by atoms with Crippen LogP contribution in [-0.4, -0.2) is 23.0 Å². The SMILES string of the molecule is CC(C)=C1C[C@@H](C(=O)O)NC1=O. The van der Waals surface area contributed by atoms with E-state index in [1.165, 1.54) is 0 Å². The van der Waals surface area contributed by atoms with Crippen molar-refractivity contribution in [2.45, 2.75) is 26.3 Å². The normalized spacial score (nSPS) is 22.3. The summed E-state index contributed by atoms with van der Waals surface area (Å²) < 4.78 is 0. The smallest absolute Gasteiger partial charge is 0.326 e. The summed E-state index contributed by atoms with van der Waals surface area (Å²) in [4.78, 5) is 21.6. The predicted molar refractivity (Wildman–Crippen MR) is 42.6 cm³/mol. The van der Waals surface area contributed by atoms with Crippen LogP contribution in [0.1, 0.15) is 20.3 Å². The van der Waals surface area contributed by atoms with Gasteiger partial charge in [0.1, 0.15) is 6.04 Å². The Balaban J connectivity index is 2.83. The predicted octanol–water partition coefficient (Wildman–Crippen LogP) is 0.296.